The van der Waals surface area contributed by atoms with Crippen LogP contribution in [-0.4, -0.2) is 43.0 Å². The molecule has 90 valence electrons. The van der Waals surface area contributed by atoms with E-state index in [9.17, 15) is 0 Å². The first-order chi connectivity index (χ1) is 7.50. The van der Waals surface area contributed by atoms with E-state index in [-0.39, 0.29) is 5.38 Å². The van der Waals surface area contributed by atoms with Gasteiger partial charge in [-0.15, -0.1) is 11.6 Å². The molecule has 4 nitrogen and oxygen atoms in total. The Morgan fingerprint density at radius 3 is 2.62 bits per heavy atom. The summed E-state index contributed by atoms with van der Waals surface area (Å²) in [7, 11) is 5.88. The highest BCUT2D eigenvalue weighted by molar-refractivity contribution is 6.20. The number of anilines is 2. The summed E-state index contributed by atoms with van der Waals surface area (Å²) in [5.41, 5.74) is 0. The molecule has 5 heteroatoms. The maximum atomic E-state index is 5.92. The molecule has 0 aromatic carbocycles. The van der Waals surface area contributed by atoms with E-state index in [0.29, 0.717) is 0 Å². The molecule has 0 bridgehead atoms. The zero-order chi connectivity index (χ0) is 12.1. The summed E-state index contributed by atoms with van der Waals surface area (Å²) in [5, 5.41) is 0.192. The lowest BCUT2D eigenvalue weighted by Crippen LogP contribution is -2.23. The number of nitrogens with zero attached hydrogens (tertiary/aromatic N) is 4. The van der Waals surface area contributed by atoms with Crippen LogP contribution in [0, 0.1) is 0 Å². The maximum absolute atomic E-state index is 5.92. The second kappa shape index (κ2) is 5.89. The van der Waals surface area contributed by atoms with Gasteiger partial charge in [-0.3, -0.25) is 0 Å². The molecule has 16 heavy (non-hydrogen) atoms. The fourth-order valence-corrected chi connectivity index (χ4v) is 1.35. The van der Waals surface area contributed by atoms with E-state index in [1.807, 2.05) is 39.0 Å². The smallest absolute Gasteiger partial charge is 0.226 e. The highest BCUT2D eigenvalue weighted by Gasteiger charge is 2.06. The summed E-state index contributed by atoms with van der Waals surface area (Å²) < 4.78 is 0. The van der Waals surface area contributed by atoms with Crippen molar-refractivity contribution in [1.29, 1.82) is 0 Å². The van der Waals surface area contributed by atoms with Gasteiger partial charge in [-0.2, -0.15) is 4.98 Å². The Hall–Kier alpha value is -1.03. The summed E-state index contributed by atoms with van der Waals surface area (Å²) in [4.78, 5) is 12.6. The lowest BCUT2D eigenvalue weighted by atomic mass is 10.3. The van der Waals surface area contributed by atoms with Crippen molar-refractivity contribution in [2.75, 3.05) is 37.5 Å². The fourth-order valence-electron chi connectivity index (χ4n) is 1.25. The van der Waals surface area contributed by atoms with E-state index >= 15 is 0 Å². The predicted molar refractivity (Wildman–Crippen MR) is 69.6 cm³/mol. The van der Waals surface area contributed by atoms with Crippen molar-refractivity contribution in [3.05, 3.63) is 12.3 Å². The van der Waals surface area contributed by atoms with Gasteiger partial charge in [0.1, 0.15) is 5.82 Å². The standard InChI is InChI=1S/C11H19ClN4/c1-9(12)6-8-16(4)10-5-7-13-11(14-10)15(2)3/h5,7,9H,6,8H2,1-4H3. The number of alkyl halides is 1. The molecule has 0 fully saturated rings. The average Bonchev–Trinajstić information content (AvgIpc) is 2.26. The molecule has 1 rings (SSSR count). The van der Waals surface area contributed by atoms with Gasteiger partial charge < -0.3 is 9.80 Å². The van der Waals surface area contributed by atoms with Crippen LogP contribution in [0.5, 0.6) is 0 Å². The zero-order valence-electron chi connectivity index (χ0n) is 10.3. The van der Waals surface area contributed by atoms with Crippen LogP contribution in [0.25, 0.3) is 0 Å². The second-order valence-electron chi connectivity index (χ2n) is 4.10. The van der Waals surface area contributed by atoms with Crippen LogP contribution < -0.4 is 9.80 Å². The molecule has 0 N–H and O–H groups in total. The molecule has 0 aliphatic carbocycles. The molecular formula is C11H19ClN4. The summed E-state index contributed by atoms with van der Waals surface area (Å²) >= 11 is 5.92. The number of halogens is 1. The molecule has 0 radical (unpaired) electrons. The highest BCUT2D eigenvalue weighted by Crippen LogP contribution is 2.13. The molecule has 0 saturated carbocycles. The molecule has 1 aromatic heterocycles. The van der Waals surface area contributed by atoms with Crippen LogP contribution in [0.2, 0.25) is 0 Å². The Balaban J connectivity index is 2.68. The van der Waals surface area contributed by atoms with Gasteiger partial charge in [0.25, 0.3) is 0 Å². The normalized spacial score (nSPS) is 12.3. The molecule has 0 amide bonds. The molecule has 0 aliphatic heterocycles. The zero-order valence-corrected chi connectivity index (χ0v) is 11.1. The van der Waals surface area contributed by atoms with E-state index in [1.165, 1.54) is 0 Å². The first-order valence-corrected chi connectivity index (χ1v) is 5.80. The Labute approximate surface area is 102 Å². The fraction of sp³-hybridized carbons (Fsp3) is 0.636. The van der Waals surface area contributed by atoms with Gasteiger partial charge in [0.05, 0.1) is 0 Å². The second-order valence-corrected chi connectivity index (χ2v) is 4.85. The summed E-state index contributed by atoms with van der Waals surface area (Å²) in [6.45, 7) is 2.90. The lowest BCUT2D eigenvalue weighted by Gasteiger charge is -2.20. The third-order valence-corrected chi connectivity index (χ3v) is 2.50. The van der Waals surface area contributed by atoms with Crippen molar-refractivity contribution in [2.24, 2.45) is 0 Å². The molecule has 1 unspecified atom stereocenters. The molecule has 1 heterocycles. The van der Waals surface area contributed by atoms with Gasteiger partial charge in [0, 0.05) is 39.3 Å². The number of rotatable bonds is 5. The van der Waals surface area contributed by atoms with Crippen molar-refractivity contribution in [2.45, 2.75) is 18.7 Å². The Morgan fingerprint density at radius 1 is 1.38 bits per heavy atom. The van der Waals surface area contributed by atoms with E-state index in [0.717, 1.165) is 24.7 Å². The van der Waals surface area contributed by atoms with Gasteiger partial charge in [-0.25, -0.2) is 4.98 Å². The Kier molecular flexibility index (Phi) is 4.80. The first kappa shape index (κ1) is 13.0. The van der Waals surface area contributed by atoms with Crippen molar-refractivity contribution in [3.8, 4) is 0 Å². The monoisotopic (exact) mass is 242 g/mol. The largest absolute Gasteiger partial charge is 0.359 e. The van der Waals surface area contributed by atoms with E-state index < -0.39 is 0 Å². The number of hydrogen-bond donors (Lipinski definition) is 0. The Morgan fingerprint density at radius 2 is 2.06 bits per heavy atom. The highest BCUT2D eigenvalue weighted by atomic mass is 35.5. The van der Waals surface area contributed by atoms with Crippen LogP contribution in [0.15, 0.2) is 12.3 Å². The van der Waals surface area contributed by atoms with Gasteiger partial charge in [0.2, 0.25) is 5.95 Å². The predicted octanol–water partition coefficient (Wildman–Crippen LogP) is 2.00. The van der Waals surface area contributed by atoms with E-state index in [1.54, 1.807) is 6.20 Å². The minimum absolute atomic E-state index is 0.192. The summed E-state index contributed by atoms with van der Waals surface area (Å²) in [6, 6.07) is 1.91. The molecule has 0 saturated heterocycles. The van der Waals surface area contributed by atoms with Gasteiger partial charge >= 0.3 is 0 Å². The van der Waals surface area contributed by atoms with Crippen LogP contribution in [0.4, 0.5) is 11.8 Å². The third-order valence-electron chi connectivity index (χ3n) is 2.28. The first-order valence-electron chi connectivity index (χ1n) is 5.36. The van der Waals surface area contributed by atoms with E-state index in [4.69, 9.17) is 11.6 Å². The molecule has 1 aromatic rings. The van der Waals surface area contributed by atoms with Crippen LogP contribution >= 0.6 is 11.6 Å². The van der Waals surface area contributed by atoms with Crippen LogP contribution in [0.3, 0.4) is 0 Å². The molecular weight excluding hydrogens is 224 g/mol. The summed E-state index contributed by atoms with van der Waals surface area (Å²) in [6.07, 6.45) is 2.72. The topological polar surface area (TPSA) is 32.3 Å². The van der Waals surface area contributed by atoms with Gasteiger partial charge in [-0.1, -0.05) is 0 Å². The van der Waals surface area contributed by atoms with E-state index in [2.05, 4.69) is 14.9 Å². The van der Waals surface area contributed by atoms with Gasteiger partial charge in [0.15, 0.2) is 0 Å². The summed E-state index contributed by atoms with van der Waals surface area (Å²) in [5.74, 6) is 1.65. The van der Waals surface area contributed by atoms with Crippen molar-refractivity contribution in [1.82, 2.24) is 9.97 Å². The third kappa shape index (κ3) is 3.85. The quantitative estimate of drug-likeness (QED) is 0.740. The van der Waals surface area contributed by atoms with Gasteiger partial charge in [-0.05, 0) is 19.4 Å². The average molecular weight is 243 g/mol. The SMILES string of the molecule is CC(Cl)CCN(C)c1ccnc(N(C)C)n1. The minimum Gasteiger partial charge on any atom is -0.359 e. The molecule has 1 atom stereocenters. The van der Waals surface area contributed by atoms with Crippen molar-refractivity contribution < 1.29 is 0 Å². The molecule has 0 spiro atoms. The molecule has 0 aliphatic rings. The number of aromatic nitrogens is 2. The lowest BCUT2D eigenvalue weighted by molar-refractivity contribution is 0.763. The maximum Gasteiger partial charge on any atom is 0.226 e. The number of hydrogen-bond acceptors (Lipinski definition) is 4. The van der Waals surface area contributed by atoms with Crippen LogP contribution in [0.1, 0.15) is 13.3 Å². The minimum atomic E-state index is 0.192. The van der Waals surface area contributed by atoms with Crippen LogP contribution in [-0.2, 0) is 0 Å². The van der Waals surface area contributed by atoms with Crippen molar-refractivity contribution >= 4 is 23.4 Å². The Bertz CT molecular complexity index is 328. The van der Waals surface area contributed by atoms with Crippen molar-refractivity contribution in [3.63, 3.8) is 0 Å².